The summed E-state index contributed by atoms with van der Waals surface area (Å²) in [6.07, 6.45) is 5.73. The number of rotatable bonds is 1. The number of hydrogen-bond acceptors (Lipinski definition) is 4. The summed E-state index contributed by atoms with van der Waals surface area (Å²) in [4.78, 5) is 0. The number of hydrogen-bond donors (Lipinski definition) is 1. The molecule has 1 N–H and O–H groups in total. The molecule has 104 valence electrons. The van der Waals surface area contributed by atoms with Crippen LogP contribution in [0.3, 0.4) is 0 Å². The maximum Gasteiger partial charge on any atom is 0.0910 e. The fourth-order valence-corrected chi connectivity index (χ4v) is 3.70. The average molecular weight is 256 g/mol. The minimum Gasteiger partial charge on any atom is -0.387 e. The molecule has 0 aliphatic carbocycles. The van der Waals surface area contributed by atoms with Crippen molar-refractivity contribution in [3.05, 3.63) is 0 Å². The Balaban J connectivity index is 1.69. The molecule has 18 heavy (non-hydrogen) atoms. The van der Waals surface area contributed by atoms with E-state index in [1.807, 2.05) is 0 Å². The van der Waals surface area contributed by atoms with Crippen LogP contribution in [-0.4, -0.2) is 49.3 Å². The third-order valence-electron chi connectivity index (χ3n) is 4.91. The maximum atomic E-state index is 10.8. The van der Waals surface area contributed by atoms with Gasteiger partial charge in [0.1, 0.15) is 0 Å². The lowest BCUT2D eigenvalue weighted by Crippen LogP contribution is -2.53. The molecular weight excluding hydrogens is 232 g/mol. The van der Waals surface area contributed by atoms with Gasteiger partial charge in [-0.25, -0.2) is 0 Å². The van der Waals surface area contributed by atoms with Gasteiger partial charge in [-0.2, -0.15) is 0 Å². The quantitative estimate of drug-likeness (QED) is 0.772. The van der Waals surface area contributed by atoms with Crippen molar-refractivity contribution >= 4 is 0 Å². The van der Waals surface area contributed by atoms with Crippen LogP contribution in [0.25, 0.3) is 0 Å². The smallest absolute Gasteiger partial charge is 0.0910 e. The Morgan fingerprint density at radius 2 is 1.78 bits per heavy atom. The van der Waals surface area contributed by atoms with E-state index >= 15 is 0 Å². The molecule has 0 amide bonds. The molecule has 0 radical (unpaired) electrons. The predicted molar refractivity (Wildman–Crippen MR) is 66.5 cm³/mol. The summed E-state index contributed by atoms with van der Waals surface area (Å²) < 4.78 is 17.0. The molecule has 4 nitrogen and oxygen atoms in total. The molecule has 0 bridgehead atoms. The van der Waals surface area contributed by atoms with Crippen molar-refractivity contribution in [2.75, 3.05) is 33.0 Å². The zero-order chi connectivity index (χ0) is 12.5. The molecule has 4 heteroatoms. The molecule has 0 saturated carbocycles. The van der Waals surface area contributed by atoms with Crippen LogP contribution < -0.4 is 0 Å². The second-order valence-corrected chi connectivity index (χ2v) is 6.09. The van der Waals surface area contributed by atoms with Crippen molar-refractivity contribution < 1.29 is 19.3 Å². The molecular formula is C14H24O4. The van der Waals surface area contributed by atoms with Gasteiger partial charge >= 0.3 is 0 Å². The molecule has 0 aromatic heterocycles. The summed E-state index contributed by atoms with van der Waals surface area (Å²) in [5, 5.41) is 10.8. The summed E-state index contributed by atoms with van der Waals surface area (Å²) in [6, 6.07) is 0. The van der Waals surface area contributed by atoms with E-state index in [0.717, 1.165) is 65.0 Å². The van der Waals surface area contributed by atoms with Gasteiger partial charge in [0.2, 0.25) is 0 Å². The van der Waals surface area contributed by atoms with Crippen molar-refractivity contribution in [3.63, 3.8) is 0 Å². The van der Waals surface area contributed by atoms with Crippen LogP contribution >= 0.6 is 0 Å². The summed E-state index contributed by atoms with van der Waals surface area (Å²) in [5.41, 5.74) is -0.651. The van der Waals surface area contributed by atoms with Crippen molar-refractivity contribution in [1.82, 2.24) is 0 Å². The SMILES string of the molecule is OC1(C2CCOC3(CCOCC3)C2)CCCOC1. The molecule has 3 fully saturated rings. The molecule has 3 aliphatic rings. The van der Waals surface area contributed by atoms with Crippen molar-refractivity contribution in [2.24, 2.45) is 5.92 Å². The van der Waals surface area contributed by atoms with Crippen LogP contribution in [0.5, 0.6) is 0 Å². The minimum absolute atomic E-state index is 0.0334. The Labute approximate surface area is 109 Å². The lowest BCUT2D eigenvalue weighted by molar-refractivity contribution is -0.195. The van der Waals surface area contributed by atoms with Crippen LogP contribution in [0, 0.1) is 5.92 Å². The minimum atomic E-state index is -0.618. The third-order valence-corrected chi connectivity index (χ3v) is 4.91. The normalized spacial score (nSPS) is 40.8. The first-order valence-electron chi connectivity index (χ1n) is 7.24. The molecule has 3 saturated heterocycles. The van der Waals surface area contributed by atoms with Crippen molar-refractivity contribution in [3.8, 4) is 0 Å². The van der Waals surface area contributed by atoms with E-state index in [0.29, 0.717) is 12.5 Å². The van der Waals surface area contributed by atoms with Crippen LogP contribution in [0.15, 0.2) is 0 Å². The van der Waals surface area contributed by atoms with Crippen LogP contribution in [0.1, 0.15) is 38.5 Å². The fourth-order valence-electron chi connectivity index (χ4n) is 3.70. The van der Waals surface area contributed by atoms with Gasteiger partial charge in [-0.3, -0.25) is 0 Å². The first-order valence-corrected chi connectivity index (χ1v) is 7.24. The summed E-state index contributed by atoms with van der Waals surface area (Å²) in [6.45, 7) is 3.66. The number of aliphatic hydroxyl groups is 1. The van der Waals surface area contributed by atoms with E-state index in [2.05, 4.69) is 0 Å². The lowest BCUT2D eigenvalue weighted by Gasteiger charge is -2.48. The van der Waals surface area contributed by atoms with E-state index in [9.17, 15) is 5.11 Å². The van der Waals surface area contributed by atoms with E-state index in [4.69, 9.17) is 14.2 Å². The van der Waals surface area contributed by atoms with Gasteiger partial charge in [-0.15, -0.1) is 0 Å². The van der Waals surface area contributed by atoms with Crippen LogP contribution in [0.2, 0.25) is 0 Å². The third kappa shape index (κ3) is 2.44. The van der Waals surface area contributed by atoms with Crippen LogP contribution in [-0.2, 0) is 14.2 Å². The Kier molecular flexibility index (Phi) is 3.63. The van der Waals surface area contributed by atoms with Gasteiger partial charge in [0, 0.05) is 26.4 Å². The molecule has 2 atom stereocenters. The number of ether oxygens (including phenoxy) is 3. The monoisotopic (exact) mass is 256 g/mol. The summed E-state index contributed by atoms with van der Waals surface area (Å²) in [7, 11) is 0. The second kappa shape index (κ2) is 5.08. The second-order valence-electron chi connectivity index (χ2n) is 6.09. The van der Waals surface area contributed by atoms with Gasteiger partial charge in [-0.05, 0) is 44.4 Å². The highest BCUT2D eigenvalue weighted by atomic mass is 16.5. The van der Waals surface area contributed by atoms with Crippen LogP contribution in [0.4, 0.5) is 0 Å². The van der Waals surface area contributed by atoms with E-state index in [1.54, 1.807) is 0 Å². The molecule has 3 rings (SSSR count). The summed E-state index contributed by atoms with van der Waals surface area (Å²) in [5.74, 6) is 0.324. The Morgan fingerprint density at radius 3 is 2.50 bits per heavy atom. The molecule has 3 aliphatic heterocycles. The highest BCUT2D eigenvalue weighted by Crippen LogP contribution is 2.43. The first kappa shape index (κ1) is 12.9. The van der Waals surface area contributed by atoms with Crippen molar-refractivity contribution in [1.29, 1.82) is 0 Å². The molecule has 2 unspecified atom stereocenters. The Morgan fingerprint density at radius 1 is 0.944 bits per heavy atom. The Bertz CT molecular complexity index is 261. The highest BCUT2D eigenvalue weighted by Gasteiger charge is 2.47. The van der Waals surface area contributed by atoms with Crippen molar-refractivity contribution in [2.45, 2.75) is 49.7 Å². The van der Waals surface area contributed by atoms with E-state index in [-0.39, 0.29) is 5.60 Å². The van der Waals surface area contributed by atoms with Gasteiger partial charge in [-0.1, -0.05) is 0 Å². The van der Waals surface area contributed by atoms with Gasteiger partial charge in [0.25, 0.3) is 0 Å². The van der Waals surface area contributed by atoms with E-state index < -0.39 is 5.60 Å². The van der Waals surface area contributed by atoms with Gasteiger partial charge < -0.3 is 19.3 Å². The first-order chi connectivity index (χ1) is 8.73. The molecule has 0 aromatic rings. The molecule has 3 heterocycles. The molecule has 0 aromatic carbocycles. The van der Waals surface area contributed by atoms with Gasteiger partial charge in [0.05, 0.1) is 17.8 Å². The largest absolute Gasteiger partial charge is 0.387 e. The average Bonchev–Trinajstić information content (AvgIpc) is 2.41. The summed E-state index contributed by atoms with van der Waals surface area (Å²) >= 11 is 0. The zero-order valence-corrected chi connectivity index (χ0v) is 11.0. The topological polar surface area (TPSA) is 47.9 Å². The zero-order valence-electron chi connectivity index (χ0n) is 11.0. The standard InChI is InChI=1S/C14H24O4/c15-14(3-1-6-17-11-14)12-2-7-18-13(10-12)4-8-16-9-5-13/h12,15H,1-11H2. The highest BCUT2D eigenvalue weighted by molar-refractivity contribution is 4.97. The van der Waals surface area contributed by atoms with E-state index in [1.165, 1.54) is 0 Å². The maximum absolute atomic E-state index is 10.8. The fraction of sp³-hybridized carbons (Fsp3) is 1.00. The predicted octanol–water partition coefficient (Wildman–Crippen LogP) is 1.50. The molecule has 1 spiro atoms. The van der Waals surface area contributed by atoms with Gasteiger partial charge in [0.15, 0.2) is 0 Å². The Hall–Kier alpha value is -0.160. The lowest BCUT2D eigenvalue weighted by atomic mass is 9.71.